The minimum atomic E-state index is 0. The van der Waals surface area contributed by atoms with E-state index in [1.54, 1.807) is 0 Å². The third kappa shape index (κ3) is 3.59. The van der Waals surface area contributed by atoms with E-state index in [0.29, 0.717) is 18.3 Å². The second kappa shape index (κ2) is 8.61. The van der Waals surface area contributed by atoms with Gasteiger partial charge < -0.3 is 0 Å². The summed E-state index contributed by atoms with van der Waals surface area (Å²) >= 11 is 0. The van der Waals surface area contributed by atoms with Crippen molar-refractivity contribution in [2.45, 2.75) is 11.6 Å². The second-order valence-corrected chi connectivity index (χ2v) is 6.96. The maximum atomic E-state index is 2.40. The van der Waals surface area contributed by atoms with Gasteiger partial charge in [-0.15, -0.1) is 0 Å². The van der Waals surface area contributed by atoms with E-state index >= 15 is 0 Å². The molecule has 0 bridgehead atoms. The van der Waals surface area contributed by atoms with Gasteiger partial charge in [-0.3, -0.25) is 0 Å². The minimum absolute atomic E-state index is 0. The summed E-state index contributed by atoms with van der Waals surface area (Å²) in [6.07, 6.45) is 9.38. The SMILES string of the molecule is C1=CC(B(c2ccccc2)C2C=Cc3ccccc32)c2ccccc21.[Li].[Li]. The van der Waals surface area contributed by atoms with Crippen molar-refractivity contribution in [3.05, 3.63) is 113 Å². The summed E-state index contributed by atoms with van der Waals surface area (Å²) in [6, 6.07) is 28.6. The Morgan fingerprint density at radius 2 is 0.963 bits per heavy atom. The molecule has 2 atom stereocenters. The van der Waals surface area contributed by atoms with Crippen molar-refractivity contribution in [1.29, 1.82) is 0 Å². The van der Waals surface area contributed by atoms with Crippen LogP contribution in [0.25, 0.3) is 12.2 Å². The fraction of sp³-hybridized carbons (Fsp3) is 0.0833. The van der Waals surface area contributed by atoms with E-state index in [0.717, 1.165) is 0 Å². The fourth-order valence-corrected chi connectivity index (χ4v) is 4.49. The predicted molar refractivity (Wildman–Crippen MR) is 120 cm³/mol. The number of rotatable bonds is 3. The maximum absolute atomic E-state index is 2.40. The van der Waals surface area contributed by atoms with Gasteiger partial charge in [0.2, 0.25) is 0 Å². The standard InChI is InChI=1S/C24H19B.2Li/c1-2-10-20(11-3-1)25(23-16-14-18-8-4-6-12-21(18)23)24-17-15-19-9-5-7-13-22(19)24;;/h1-17,23-24H;;. The van der Waals surface area contributed by atoms with Gasteiger partial charge in [0.05, 0.1) is 0 Å². The molecule has 0 aromatic heterocycles. The van der Waals surface area contributed by atoms with Crippen molar-refractivity contribution in [3.63, 3.8) is 0 Å². The third-order valence-electron chi connectivity index (χ3n) is 5.63. The van der Waals surface area contributed by atoms with Gasteiger partial charge in [-0.2, -0.15) is 0 Å². The monoisotopic (exact) mass is 332 g/mol. The van der Waals surface area contributed by atoms with Crippen LogP contribution in [-0.4, -0.2) is 44.4 Å². The largest absolute Gasteiger partial charge is 0.199 e. The van der Waals surface area contributed by atoms with Crippen LogP contribution in [-0.2, 0) is 0 Å². The van der Waals surface area contributed by atoms with E-state index in [9.17, 15) is 0 Å². The van der Waals surface area contributed by atoms with Crippen LogP contribution in [0.3, 0.4) is 0 Å². The zero-order valence-corrected chi connectivity index (χ0v) is 16.0. The van der Waals surface area contributed by atoms with Gasteiger partial charge in [-0.25, -0.2) is 0 Å². The van der Waals surface area contributed by atoms with Gasteiger partial charge in [0, 0.05) is 37.7 Å². The topological polar surface area (TPSA) is 0 Å². The third-order valence-corrected chi connectivity index (χ3v) is 5.63. The summed E-state index contributed by atoms with van der Waals surface area (Å²) in [6.45, 7) is 0.418. The van der Waals surface area contributed by atoms with E-state index in [4.69, 9.17) is 0 Å². The van der Waals surface area contributed by atoms with E-state index in [-0.39, 0.29) is 37.7 Å². The number of hydrogen-bond donors (Lipinski definition) is 0. The fourth-order valence-electron chi connectivity index (χ4n) is 4.49. The molecule has 0 heterocycles. The summed E-state index contributed by atoms with van der Waals surface area (Å²) in [5.41, 5.74) is 7.05. The average molecular weight is 332 g/mol. The van der Waals surface area contributed by atoms with Crippen LogP contribution in [0.5, 0.6) is 0 Å². The summed E-state index contributed by atoms with van der Waals surface area (Å²) in [4.78, 5) is 0. The Hall–Kier alpha value is -1.60. The smallest absolute Gasteiger partial charge is 0.0832 e. The van der Waals surface area contributed by atoms with Crippen molar-refractivity contribution >= 4 is 62.0 Å². The van der Waals surface area contributed by atoms with Crippen LogP contribution >= 0.6 is 0 Å². The Bertz CT molecular complexity index is 917. The molecule has 3 aromatic carbocycles. The van der Waals surface area contributed by atoms with Crippen molar-refractivity contribution in [3.8, 4) is 0 Å². The molecule has 0 saturated heterocycles. The molecule has 3 heteroatoms. The van der Waals surface area contributed by atoms with Gasteiger partial charge in [0.15, 0.2) is 6.71 Å². The molecular formula is C24H19BLi2. The first-order valence-corrected chi connectivity index (χ1v) is 9.01. The van der Waals surface area contributed by atoms with Gasteiger partial charge >= 0.3 is 0 Å². The van der Waals surface area contributed by atoms with E-state index < -0.39 is 0 Å². The molecule has 2 aliphatic carbocycles. The Morgan fingerprint density at radius 3 is 1.48 bits per heavy atom. The second-order valence-electron chi connectivity index (χ2n) is 6.96. The quantitative estimate of drug-likeness (QED) is 0.627. The molecule has 2 unspecified atom stereocenters. The molecule has 27 heavy (non-hydrogen) atoms. The molecule has 0 fully saturated rings. The minimum Gasteiger partial charge on any atom is -0.0832 e. The summed E-state index contributed by atoms with van der Waals surface area (Å²) in [5, 5.41) is 0. The average Bonchev–Trinajstić information content (AvgIpc) is 3.29. The normalized spacial score (nSPS) is 18.2. The number of fused-ring (bicyclic) bond motifs is 2. The first-order valence-electron chi connectivity index (χ1n) is 9.01. The summed E-state index contributed by atoms with van der Waals surface area (Å²) in [5.74, 6) is 0.832. The molecule has 2 aliphatic rings. The van der Waals surface area contributed by atoms with E-state index in [1.807, 2.05) is 0 Å². The van der Waals surface area contributed by atoms with E-state index in [2.05, 4.69) is 103 Å². The molecule has 0 N–H and O–H groups in total. The molecule has 3 aromatic rings. The van der Waals surface area contributed by atoms with Crippen molar-refractivity contribution < 1.29 is 0 Å². The molecule has 120 valence electrons. The first kappa shape index (κ1) is 20.1. The van der Waals surface area contributed by atoms with E-state index in [1.165, 1.54) is 27.7 Å². The Labute approximate surface area is 186 Å². The van der Waals surface area contributed by atoms with Crippen LogP contribution in [0, 0.1) is 0 Å². The Kier molecular flexibility index (Phi) is 6.42. The molecular weight excluding hydrogens is 313 g/mol. The Morgan fingerprint density at radius 1 is 0.519 bits per heavy atom. The number of benzene rings is 3. The number of hydrogen-bond acceptors (Lipinski definition) is 0. The van der Waals surface area contributed by atoms with Gasteiger partial charge in [-0.05, 0) is 33.9 Å². The van der Waals surface area contributed by atoms with Crippen LogP contribution in [0.4, 0.5) is 0 Å². The number of allylic oxidation sites excluding steroid dienone is 2. The van der Waals surface area contributed by atoms with Crippen LogP contribution in [0.15, 0.2) is 91.0 Å². The van der Waals surface area contributed by atoms with Crippen LogP contribution in [0.1, 0.15) is 33.9 Å². The zero-order valence-electron chi connectivity index (χ0n) is 16.0. The van der Waals surface area contributed by atoms with Crippen molar-refractivity contribution in [1.82, 2.24) is 0 Å². The first-order chi connectivity index (χ1) is 12.4. The molecule has 5 rings (SSSR count). The summed E-state index contributed by atoms with van der Waals surface area (Å²) < 4.78 is 0. The van der Waals surface area contributed by atoms with Crippen molar-refractivity contribution in [2.75, 3.05) is 0 Å². The summed E-state index contributed by atoms with van der Waals surface area (Å²) in [7, 11) is 0. The molecule has 0 aliphatic heterocycles. The molecule has 0 nitrogen and oxygen atoms in total. The molecule has 2 radical (unpaired) electrons. The van der Waals surface area contributed by atoms with Gasteiger partial charge in [-0.1, -0.05) is 109 Å². The molecule has 0 saturated carbocycles. The van der Waals surface area contributed by atoms with Gasteiger partial charge in [0.25, 0.3) is 0 Å². The molecule has 0 spiro atoms. The maximum Gasteiger partial charge on any atom is 0.199 e. The Balaban J connectivity index is 0.00000105. The van der Waals surface area contributed by atoms with Crippen LogP contribution in [0.2, 0.25) is 0 Å². The predicted octanol–water partition coefficient (Wildman–Crippen LogP) is 4.33. The zero-order chi connectivity index (χ0) is 16.6. The van der Waals surface area contributed by atoms with Crippen molar-refractivity contribution in [2.24, 2.45) is 0 Å². The van der Waals surface area contributed by atoms with Crippen LogP contribution < -0.4 is 5.46 Å². The van der Waals surface area contributed by atoms with Gasteiger partial charge in [0.1, 0.15) is 0 Å². The molecule has 0 amide bonds.